The van der Waals surface area contributed by atoms with Gasteiger partial charge in [-0.1, -0.05) is 109 Å². The highest BCUT2D eigenvalue weighted by molar-refractivity contribution is 6.24. The molecule has 1 N–H and O–H groups in total. The van der Waals surface area contributed by atoms with Crippen molar-refractivity contribution in [3.05, 3.63) is 167 Å². The van der Waals surface area contributed by atoms with Gasteiger partial charge in [-0.25, -0.2) is 4.79 Å². The maximum absolute atomic E-state index is 13.3. The average Bonchev–Trinajstić information content (AvgIpc) is 3.40. The van der Waals surface area contributed by atoms with Gasteiger partial charge in [0.1, 0.15) is 5.92 Å². The molecule has 0 saturated heterocycles. The molecule has 0 bridgehead atoms. The van der Waals surface area contributed by atoms with Crippen LogP contribution in [0.3, 0.4) is 0 Å². The highest BCUT2D eigenvalue weighted by Gasteiger charge is 2.36. The van der Waals surface area contributed by atoms with Crippen LogP contribution < -0.4 is 5.32 Å². The van der Waals surface area contributed by atoms with Crippen molar-refractivity contribution >= 4 is 29.0 Å². The summed E-state index contributed by atoms with van der Waals surface area (Å²) in [6.45, 7) is 2.45. The predicted octanol–water partition coefficient (Wildman–Crippen LogP) is 7.53. The Bertz CT molecular complexity index is 1730. The lowest BCUT2D eigenvalue weighted by molar-refractivity contribution is -0.115. The van der Waals surface area contributed by atoms with E-state index in [9.17, 15) is 9.59 Å². The first kappa shape index (κ1) is 28.8. The first-order valence-corrected chi connectivity index (χ1v) is 14.6. The minimum atomic E-state index is -0.619. The third-order valence-electron chi connectivity index (χ3n) is 7.74. The zero-order valence-corrected chi connectivity index (χ0v) is 24.5. The highest BCUT2D eigenvalue weighted by atomic mass is 16.5. The van der Waals surface area contributed by atoms with Gasteiger partial charge >= 0.3 is 5.97 Å². The summed E-state index contributed by atoms with van der Waals surface area (Å²) in [6.07, 6.45) is 0. The van der Waals surface area contributed by atoms with Crippen LogP contribution >= 0.6 is 0 Å². The topological polar surface area (TPSA) is 71.0 Å². The van der Waals surface area contributed by atoms with Gasteiger partial charge in [-0.05, 0) is 52.1 Å². The largest absolute Gasteiger partial charge is 0.465 e. The zero-order chi connectivity index (χ0) is 30.3. The van der Waals surface area contributed by atoms with E-state index in [1.54, 1.807) is 18.2 Å². The lowest BCUT2D eigenvalue weighted by atomic mass is 9.90. The van der Waals surface area contributed by atoms with E-state index in [0.29, 0.717) is 17.0 Å². The first-order valence-electron chi connectivity index (χ1n) is 14.6. The van der Waals surface area contributed by atoms with E-state index in [1.165, 1.54) is 23.8 Å². The number of methoxy groups -OCH3 is 1. The van der Waals surface area contributed by atoms with Crippen LogP contribution in [-0.2, 0) is 29.2 Å². The number of carbonyl (C=O) groups excluding carboxylic acids is 2. The standard InChI is InChI=1S/C38H33N3O3/c1-44-38(43)31-19-22-33-34(23-31)40-37(42)35(33)36(30-15-9-4-10-16-30)39-32-20-17-29(18-21-32)26-41(24-27-11-5-2-6-12-27)25-28-13-7-3-8-14-28/h2-23,35H,24-26H2,1H3,(H,40,42). The van der Waals surface area contributed by atoms with Gasteiger partial charge in [0.15, 0.2) is 0 Å². The van der Waals surface area contributed by atoms with Crippen molar-refractivity contribution in [3.63, 3.8) is 0 Å². The molecule has 0 radical (unpaired) electrons. The lowest BCUT2D eigenvalue weighted by Gasteiger charge is -2.23. The van der Waals surface area contributed by atoms with Gasteiger partial charge in [0.2, 0.25) is 5.91 Å². The Morgan fingerprint density at radius 1 is 0.705 bits per heavy atom. The molecule has 6 nitrogen and oxygen atoms in total. The Morgan fingerprint density at radius 3 is 1.82 bits per heavy atom. The molecule has 1 aliphatic rings. The summed E-state index contributed by atoms with van der Waals surface area (Å²) >= 11 is 0. The molecule has 1 aliphatic heterocycles. The van der Waals surface area contributed by atoms with Crippen molar-refractivity contribution in [1.29, 1.82) is 0 Å². The van der Waals surface area contributed by atoms with Crippen LogP contribution in [0.5, 0.6) is 0 Å². The summed E-state index contributed by atoms with van der Waals surface area (Å²) in [5.41, 5.74) is 7.74. The maximum Gasteiger partial charge on any atom is 0.337 e. The number of nitrogens with zero attached hydrogens (tertiary/aromatic N) is 2. The van der Waals surface area contributed by atoms with Gasteiger partial charge in [-0.2, -0.15) is 0 Å². The second-order valence-corrected chi connectivity index (χ2v) is 10.9. The van der Waals surface area contributed by atoms with E-state index in [1.807, 2.05) is 54.6 Å². The van der Waals surface area contributed by atoms with E-state index >= 15 is 0 Å². The van der Waals surface area contributed by atoms with Gasteiger partial charge in [0.05, 0.1) is 24.1 Å². The predicted molar refractivity (Wildman–Crippen MR) is 174 cm³/mol. The smallest absolute Gasteiger partial charge is 0.337 e. The number of amides is 1. The number of hydrogen-bond acceptors (Lipinski definition) is 5. The molecule has 0 saturated carbocycles. The van der Waals surface area contributed by atoms with Crippen LogP contribution in [0, 0.1) is 0 Å². The molecule has 1 amide bonds. The highest BCUT2D eigenvalue weighted by Crippen LogP contribution is 2.37. The van der Waals surface area contributed by atoms with Gasteiger partial charge in [0.25, 0.3) is 0 Å². The summed E-state index contributed by atoms with van der Waals surface area (Å²) in [4.78, 5) is 32.9. The van der Waals surface area contributed by atoms with E-state index in [2.05, 4.69) is 70.9 Å². The third kappa shape index (κ3) is 6.66. The third-order valence-corrected chi connectivity index (χ3v) is 7.74. The Hall–Kier alpha value is -5.33. The summed E-state index contributed by atoms with van der Waals surface area (Å²) in [5, 5.41) is 2.94. The van der Waals surface area contributed by atoms with E-state index in [-0.39, 0.29) is 5.91 Å². The normalized spacial score (nSPS) is 14.3. The van der Waals surface area contributed by atoms with Crippen LogP contribution in [0.4, 0.5) is 11.4 Å². The van der Waals surface area contributed by atoms with E-state index in [0.717, 1.165) is 36.4 Å². The Kier molecular flexibility index (Phi) is 8.71. The number of aliphatic imine (C=N–C) groups is 1. The molecule has 0 aromatic heterocycles. The molecule has 6 heteroatoms. The second kappa shape index (κ2) is 13.3. The molecule has 218 valence electrons. The molecule has 0 aliphatic carbocycles. The number of fused-ring (bicyclic) bond motifs is 1. The van der Waals surface area contributed by atoms with Crippen LogP contribution in [0.25, 0.3) is 0 Å². The molecule has 5 aromatic rings. The number of ether oxygens (including phenoxy) is 1. The first-order chi connectivity index (χ1) is 21.6. The summed E-state index contributed by atoms with van der Waals surface area (Å²) in [6, 6.07) is 44.2. The molecular formula is C38H33N3O3. The van der Waals surface area contributed by atoms with Gasteiger partial charge < -0.3 is 10.1 Å². The molecule has 1 heterocycles. The minimum Gasteiger partial charge on any atom is -0.465 e. The zero-order valence-electron chi connectivity index (χ0n) is 24.5. The number of anilines is 1. The number of rotatable bonds is 10. The summed E-state index contributed by atoms with van der Waals surface area (Å²) in [7, 11) is 1.34. The molecule has 0 spiro atoms. The van der Waals surface area contributed by atoms with Crippen molar-refractivity contribution in [2.24, 2.45) is 4.99 Å². The molecule has 44 heavy (non-hydrogen) atoms. The average molecular weight is 580 g/mol. The number of carbonyl (C=O) groups is 2. The fraction of sp³-hybridized carbons (Fsp3) is 0.132. The van der Waals surface area contributed by atoms with Crippen molar-refractivity contribution in [1.82, 2.24) is 4.90 Å². The van der Waals surface area contributed by atoms with Crippen LogP contribution in [0.2, 0.25) is 0 Å². The molecule has 5 aromatic carbocycles. The SMILES string of the molecule is COC(=O)c1ccc2c(c1)NC(=O)C2C(=Nc1ccc(CN(Cc2ccccc2)Cc2ccccc2)cc1)c1ccccc1. The van der Waals surface area contributed by atoms with E-state index in [4.69, 9.17) is 9.73 Å². The van der Waals surface area contributed by atoms with Gasteiger partial charge in [-0.15, -0.1) is 0 Å². The fourth-order valence-corrected chi connectivity index (χ4v) is 5.61. The van der Waals surface area contributed by atoms with E-state index < -0.39 is 11.9 Å². The van der Waals surface area contributed by atoms with Crippen molar-refractivity contribution in [2.75, 3.05) is 12.4 Å². The Balaban J connectivity index is 1.28. The lowest BCUT2D eigenvalue weighted by Crippen LogP contribution is -2.22. The molecule has 1 unspecified atom stereocenters. The maximum atomic E-state index is 13.3. The Labute approximate surface area is 257 Å². The molecule has 1 atom stereocenters. The second-order valence-electron chi connectivity index (χ2n) is 10.9. The summed E-state index contributed by atoms with van der Waals surface area (Å²) in [5.74, 6) is -1.25. The quantitative estimate of drug-likeness (QED) is 0.137. The molecule has 6 rings (SSSR count). The van der Waals surface area contributed by atoms with Crippen LogP contribution in [0.1, 0.15) is 44.1 Å². The monoisotopic (exact) mass is 579 g/mol. The van der Waals surface area contributed by atoms with Crippen molar-refractivity contribution < 1.29 is 14.3 Å². The van der Waals surface area contributed by atoms with Gasteiger partial charge in [-0.3, -0.25) is 14.7 Å². The van der Waals surface area contributed by atoms with Crippen LogP contribution in [-0.4, -0.2) is 29.6 Å². The fourth-order valence-electron chi connectivity index (χ4n) is 5.61. The number of esters is 1. The van der Waals surface area contributed by atoms with Crippen molar-refractivity contribution in [2.45, 2.75) is 25.6 Å². The molecule has 0 fully saturated rings. The minimum absolute atomic E-state index is 0.182. The number of hydrogen-bond donors (Lipinski definition) is 1. The number of nitrogens with one attached hydrogen (secondary N) is 1. The van der Waals surface area contributed by atoms with Gasteiger partial charge in [0, 0.05) is 25.3 Å². The summed E-state index contributed by atoms with van der Waals surface area (Å²) < 4.78 is 4.86. The molecular weight excluding hydrogens is 546 g/mol. The number of benzene rings is 5. The van der Waals surface area contributed by atoms with Crippen LogP contribution in [0.15, 0.2) is 138 Å². The Morgan fingerprint density at radius 2 is 1.25 bits per heavy atom. The van der Waals surface area contributed by atoms with Crippen molar-refractivity contribution in [3.8, 4) is 0 Å².